The fraction of sp³-hybridized carbons (Fsp3) is 0.267. The van der Waals surface area contributed by atoms with E-state index in [1.165, 1.54) is 0 Å². The van der Waals surface area contributed by atoms with Gasteiger partial charge in [0.25, 0.3) is 0 Å². The van der Waals surface area contributed by atoms with Crippen molar-refractivity contribution < 1.29 is 14.0 Å². The minimum atomic E-state index is 0.532. The zero-order chi connectivity index (χ0) is 27.3. The van der Waals surface area contributed by atoms with Crippen LogP contribution < -0.4 is 9.47 Å². The number of benzene rings is 2. The van der Waals surface area contributed by atoms with Crippen molar-refractivity contribution in [3.63, 3.8) is 0 Å². The number of nitrogens with one attached hydrogen (secondary N) is 1. The number of hydrogen-bond donors (Lipinski definition) is 1. The highest BCUT2D eigenvalue weighted by atomic mass is 16.5. The molecule has 1 N–H and O–H groups in total. The fourth-order valence-corrected chi connectivity index (χ4v) is 5.12. The molecule has 0 amide bonds. The summed E-state index contributed by atoms with van der Waals surface area (Å²) in [6.07, 6.45) is 0. The number of nitrogens with zero attached hydrogens (tertiary/aromatic N) is 5. The molecular formula is C30H30N6O3. The Kier molecular flexibility index (Phi) is 6.15. The molecule has 6 rings (SSSR count). The lowest BCUT2D eigenvalue weighted by molar-refractivity contribution is 0.254. The van der Waals surface area contributed by atoms with Crippen molar-refractivity contribution in [3.8, 4) is 34.0 Å². The molecule has 0 aliphatic rings. The summed E-state index contributed by atoms with van der Waals surface area (Å²) < 4.78 is 17.4. The van der Waals surface area contributed by atoms with E-state index < -0.39 is 0 Å². The molecule has 198 valence electrons. The van der Waals surface area contributed by atoms with E-state index in [2.05, 4.69) is 27.2 Å². The predicted octanol–water partition coefficient (Wildman–Crippen LogP) is 5.86. The van der Waals surface area contributed by atoms with Crippen LogP contribution in [0.25, 0.3) is 55.2 Å². The van der Waals surface area contributed by atoms with Gasteiger partial charge in [-0.3, -0.25) is 0 Å². The number of H-pyrrole nitrogens is 1. The van der Waals surface area contributed by atoms with Crippen molar-refractivity contribution in [3.05, 3.63) is 59.7 Å². The first-order valence-electron chi connectivity index (χ1n) is 12.8. The highest BCUT2D eigenvalue weighted by Gasteiger charge is 2.22. The molecule has 0 saturated carbocycles. The van der Waals surface area contributed by atoms with Crippen molar-refractivity contribution in [1.82, 2.24) is 30.0 Å². The van der Waals surface area contributed by atoms with Crippen LogP contribution in [0.2, 0.25) is 0 Å². The van der Waals surface area contributed by atoms with Gasteiger partial charge in [0.05, 0.1) is 35.0 Å². The van der Waals surface area contributed by atoms with Gasteiger partial charge in [0.15, 0.2) is 0 Å². The summed E-state index contributed by atoms with van der Waals surface area (Å²) >= 11 is 0. The largest absolute Gasteiger partial charge is 0.496 e. The maximum absolute atomic E-state index is 6.08. The third-order valence-electron chi connectivity index (χ3n) is 6.92. The van der Waals surface area contributed by atoms with E-state index in [1.54, 1.807) is 7.11 Å². The van der Waals surface area contributed by atoms with Crippen LogP contribution in [0.3, 0.4) is 0 Å². The molecule has 4 aromatic heterocycles. The Balaban J connectivity index is 1.61. The molecule has 0 spiro atoms. The van der Waals surface area contributed by atoms with E-state index in [0.29, 0.717) is 18.3 Å². The number of rotatable bonds is 7. The second-order valence-electron chi connectivity index (χ2n) is 9.94. The number of aryl methyl sites for hydroxylation is 3. The number of aromatic nitrogens is 5. The first kappa shape index (κ1) is 24.8. The third kappa shape index (κ3) is 4.34. The Labute approximate surface area is 225 Å². The molecule has 2 aromatic carbocycles. The Morgan fingerprint density at radius 3 is 2.51 bits per heavy atom. The zero-order valence-electron chi connectivity index (χ0n) is 22.9. The molecule has 4 heterocycles. The SMILES string of the molecule is COc1cc2c(cc1-c1c(C)noc1C)[nH]c1nc(C)nc(-c3cc(OCCN(C)C)nc4ccccc34)c12. The van der Waals surface area contributed by atoms with Crippen molar-refractivity contribution in [2.24, 2.45) is 0 Å². The van der Waals surface area contributed by atoms with E-state index in [-0.39, 0.29) is 0 Å². The molecule has 0 saturated heterocycles. The van der Waals surface area contributed by atoms with Gasteiger partial charge in [-0.05, 0) is 53.1 Å². The number of hydrogen-bond acceptors (Lipinski definition) is 8. The summed E-state index contributed by atoms with van der Waals surface area (Å²) in [4.78, 5) is 20.1. The van der Waals surface area contributed by atoms with Gasteiger partial charge in [-0.25, -0.2) is 15.0 Å². The van der Waals surface area contributed by atoms with Crippen molar-refractivity contribution >= 4 is 32.8 Å². The molecule has 9 heteroatoms. The van der Waals surface area contributed by atoms with Gasteiger partial charge in [-0.2, -0.15) is 0 Å². The normalized spacial score (nSPS) is 11.8. The van der Waals surface area contributed by atoms with Crippen LogP contribution in [0.1, 0.15) is 17.3 Å². The maximum atomic E-state index is 6.08. The topological polar surface area (TPSA) is 102 Å². The average molecular weight is 523 g/mol. The summed E-state index contributed by atoms with van der Waals surface area (Å²) in [5.41, 5.74) is 6.90. The summed E-state index contributed by atoms with van der Waals surface area (Å²) in [7, 11) is 5.71. The summed E-state index contributed by atoms with van der Waals surface area (Å²) in [6, 6.07) is 14.1. The third-order valence-corrected chi connectivity index (χ3v) is 6.92. The molecule has 0 unspecified atom stereocenters. The fourth-order valence-electron chi connectivity index (χ4n) is 5.12. The van der Waals surface area contributed by atoms with Crippen LogP contribution >= 0.6 is 0 Å². The van der Waals surface area contributed by atoms with Gasteiger partial charge < -0.3 is 23.9 Å². The molecule has 6 aromatic rings. The number of pyridine rings is 1. The van der Waals surface area contributed by atoms with Gasteiger partial charge in [0, 0.05) is 40.0 Å². The number of methoxy groups -OCH3 is 1. The Hall–Kier alpha value is -4.50. The molecule has 0 radical (unpaired) electrons. The smallest absolute Gasteiger partial charge is 0.214 e. The number of fused-ring (bicyclic) bond motifs is 4. The highest BCUT2D eigenvalue weighted by Crippen LogP contribution is 2.42. The van der Waals surface area contributed by atoms with Crippen LogP contribution in [0.4, 0.5) is 0 Å². The Bertz CT molecular complexity index is 1830. The highest BCUT2D eigenvalue weighted by molar-refractivity contribution is 6.15. The summed E-state index contributed by atoms with van der Waals surface area (Å²) in [6.45, 7) is 7.06. The van der Waals surface area contributed by atoms with Gasteiger partial charge in [0.1, 0.15) is 29.6 Å². The Morgan fingerprint density at radius 2 is 1.77 bits per heavy atom. The number of para-hydroxylation sites is 1. The van der Waals surface area contributed by atoms with Crippen LogP contribution in [-0.2, 0) is 0 Å². The second kappa shape index (κ2) is 9.67. The van der Waals surface area contributed by atoms with Crippen LogP contribution in [-0.4, -0.2) is 64.3 Å². The maximum Gasteiger partial charge on any atom is 0.214 e. The van der Waals surface area contributed by atoms with Gasteiger partial charge in [-0.1, -0.05) is 23.4 Å². The lowest BCUT2D eigenvalue weighted by Crippen LogP contribution is -2.19. The van der Waals surface area contributed by atoms with Crippen molar-refractivity contribution in [1.29, 1.82) is 0 Å². The van der Waals surface area contributed by atoms with E-state index >= 15 is 0 Å². The summed E-state index contributed by atoms with van der Waals surface area (Å²) in [5, 5.41) is 7.01. The van der Waals surface area contributed by atoms with Gasteiger partial charge in [-0.15, -0.1) is 0 Å². The molecule has 0 aliphatic heterocycles. The standard InChI is InChI=1S/C30H30N6O3/c1-16-27(17(2)39-35-16)22-13-24-21(14-25(22)37-6)28-29(31-18(3)32-30(28)34-24)20-15-26(38-12-11-36(4)5)33-23-10-8-7-9-19(20)23/h7-10,13-15H,11-12H2,1-6H3,(H,31,32,34). The molecule has 0 aliphatic carbocycles. The van der Waals surface area contributed by atoms with Crippen molar-refractivity contribution in [2.75, 3.05) is 34.4 Å². The first-order valence-corrected chi connectivity index (χ1v) is 12.8. The van der Waals surface area contributed by atoms with E-state index in [9.17, 15) is 0 Å². The first-order chi connectivity index (χ1) is 18.8. The van der Waals surface area contributed by atoms with E-state index in [4.69, 9.17) is 28.9 Å². The van der Waals surface area contributed by atoms with Crippen LogP contribution in [0, 0.1) is 20.8 Å². The van der Waals surface area contributed by atoms with Crippen LogP contribution in [0.15, 0.2) is 47.0 Å². The molecule has 9 nitrogen and oxygen atoms in total. The molecular weight excluding hydrogens is 492 g/mol. The molecule has 0 bridgehead atoms. The quantitative estimate of drug-likeness (QED) is 0.278. The lowest BCUT2D eigenvalue weighted by atomic mass is 9.99. The second-order valence-corrected chi connectivity index (χ2v) is 9.94. The number of aromatic amines is 1. The van der Waals surface area contributed by atoms with E-state index in [1.807, 2.05) is 65.2 Å². The minimum Gasteiger partial charge on any atom is -0.496 e. The van der Waals surface area contributed by atoms with Gasteiger partial charge >= 0.3 is 0 Å². The van der Waals surface area contributed by atoms with Gasteiger partial charge in [0.2, 0.25) is 5.88 Å². The average Bonchev–Trinajstić information content (AvgIpc) is 3.44. The predicted molar refractivity (Wildman–Crippen MR) is 152 cm³/mol. The molecule has 0 fully saturated rings. The van der Waals surface area contributed by atoms with E-state index in [0.717, 1.165) is 79.0 Å². The number of ether oxygens (including phenoxy) is 2. The lowest BCUT2D eigenvalue weighted by Gasteiger charge is -2.14. The molecule has 39 heavy (non-hydrogen) atoms. The Morgan fingerprint density at radius 1 is 0.949 bits per heavy atom. The number of likely N-dealkylation sites (N-methyl/N-ethyl adjacent to an activating group) is 1. The minimum absolute atomic E-state index is 0.532. The molecule has 0 atom stereocenters. The zero-order valence-corrected chi connectivity index (χ0v) is 22.9. The summed E-state index contributed by atoms with van der Waals surface area (Å²) in [5.74, 6) is 2.69. The monoisotopic (exact) mass is 522 g/mol. The van der Waals surface area contributed by atoms with Crippen molar-refractivity contribution in [2.45, 2.75) is 20.8 Å². The van der Waals surface area contributed by atoms with Crippen LogP contribution in [0.5, 0.6) is 11.6 Å².